The minimum absolute atomic E-state index is 0.165. The summed E-state index contributed by atoms with van der Waals surface area (Å²) in [7, 11) is -3.46. The molecule has 0 aliphatic heterocycles. The van der Waals surface area contributed by atoms with E-state index in [0.29, 0.717) is 12.5 Å². The van der Waals surface area contributed by atoms with E-state index < -0.39 is 10.0 Å². The van der Waals surface area contributed by atoms with Crippen LogP contribution in [0.2, 0.25) is 0 Å². The highest BCUT2D eigenvalue weighted by atomic mass is 32.2. The fraction of sp³-hybridized carbons (Fsp3) is 0.692. The minimum Gasteiger partial charge on any atom is -0.354 e. The van der Waals surface area contributed by atoms with Crippen LogP contribution in [-0.2, 0) is 10.0 Å². The van der Waals surface area contributed by atoms with Crippen LogP contribution < -0.4 is 5.32 Å². The number of nitrogens with zero attached hydrogens (tertiary/aromatic N) is 3. The van der Waals surface area contributed by atoms with Crippen molar-refractivity contribution >= 4 is 16.0 Å². The Hall–Kier alpha value is -1.21. The van der Waals surface area contributed by atoms with Gasteiger partial charge >= 0.3 is 0 Å². The van der Waals surface area contributed by atoms with Crippen LogP contribution in [0.25, 0.3) is 0 Å². The van der Waals surface area contributed by atoms with Gasteiger partial charge in [0.05, 0.1) is 12.4 Å². The lowest BCUT2D eigenvalue weighted by Gasteiger charge is -2.20. The number of nitrogens with one attached hydrogen (secondary N) is 1. The lowest BCUT2D eigenvalue weighted by atomic mass is 10.5. The number of hydrogen-bond donors (Lipinski definition) is 1. The Morgan fingerprint density at radius 1 is 1.25 bits per heavy atom. The molecular weight excluding hydrogens is 276 g/mol. The Balaban J connectivity index is 2.15. The largest absolute Gasteiger partial charge is 0.354 e. The van der Waals surface area contributed by atoms with Crippen LogP contribution >= 0.6 is 0 Å². The Morgan fingerprint density at radius 3 is 2.40 bits per heavy atom. The summed E-state index contributed by atoms with van der Waals surface area (Å²) in [4.78, 5) is 8.33. The molecule has 1 heterocycles. The molecule has 20 heavy (non-hydrogen) atoms. The molecule has 0 unspecified atom stereocenters. The van der Waals surface area contributed by atoms with Gasteiger partial charge in [0.15, 0.2) is 0 Å². The van der Waals surface area contributed by atoms with Crippen LogP contribution in [0, 0.1) is 0 Å². The maximum absolute atomic E-state index is 12.6. The second-order valence-electron chi connectivity index (χ2n) is 5.02. The molecule has 0 saturated heterocycles. The third-order valence-electron chi connectivity index (χ3n) is 3.17. The molecule has 0 aromatic carbocycles. The Kier molecular flexibility index (Phi) is 4.93. The summed E-state index contributed by atoms with van der Waals surface area (Å²) in [6.45, 7) is 5.36. The maximum atomic E-state index is 12.6. The van der Waals surface area contributed by atoms with Crippen molar-refractivity contribution in [3.05, 3.63) is 12.4 Å². The quantitative estimate of drug-likeness (QED) is 0.793. The molecule has 1 N–H and O–H groups in total. The summed E-state index contributed by atoms with van der Waals surface area (Å²) in [5, 5.41) is 3.03. The molecule has 6 nitrogen and oxygen atoms in total. The van der Waals surface area contributed by atoms with Gasteiger partial charge in [0.2, 0.25) is 16.0 Å². The summed E-state index contributed by atoms with van der Waals surface area (Å²) in [5.74, 6) is 0.472. The second-order valence-corrected chi connectivity index (χ2v) is 6.91. The fourth-order valence-corrected chi connectivity index (χ4v) is 3.66. The maximum Gasteiger partial charge on any atom is 0.246 e. The number of aromatic nitrogens is 2. The molecule has 1 saturated carbocycles. The van der Waals surface area contributed by atoms with Crippen molar-refractivity contribution in [3.63, 3.8) is 0 Å². The fourth-order valence-electron chi connectivity index (χ4n) is 1.99. The molecule has 0 atom stereocenters. The summed E-state index contributed by atoms with van der Waals surface area (Å²) < 4.78 is 26.7. The molecule has 0 radical (unpaired) electrons. The molecule has 1 aromatic rings. The minimum atomic E-state index is -3.46. The summed E-state index contributed by atoms with van der Waals surface area (Å²) in [6.07, 6.45) is 6.48. The number of rotatable bonds is 8. The van der Waals surface area contributed by atoms with E-state index in [2.05, 4.69) is 15.3 Å². The van der Waals surface area contributed by atoms with Crippen LogP contribution in [0.4, 0.5) is 5.95 Å². The normalized spacial score (nSPS) is 15.6. The van der Waals surface area contributed by atoms with E-state index in [0.717, 1.165) is 32.2 Å². The van der Waals surface area contributed by atoms with E-state index in [1.807, 2.05) is 13.8 Å². The van der Waals surface area contributed by atoms with Gasteiger partial charge in [0, 0.05) is 19.1 Å². The first-order valence-electron chi connectivity index (χ1n) is 7.17. The first kappa shape index (κ1) is 15.2. The van der Waals surface area contributed by atoms with E-state index >= 15 is 0 Å². The third-order valence-corrected chi connectivity index (χ3v) is 5.07. The Labute approximate surface area is 120 Å². The monoisotopic (exact) mass is 298 g/mol. The smallest absolute Gasteiger partial charge is 0.246 e. The van der Waals surface area contributed by atoms with E-state index in [1.165, 1.54) is 12.4 Å². The van der Waals surface area contributed by atoms with Crippen molar-refractivity contribution in [1.82, 2.24) is 14.3 Å². The van der Waals surface area contributed by atoms with Crippen LogP contribution in [0.15, 0.2) is 17.3 Å². The molecule has 2 rings (SSSR count). The Bertz CT molecular complexity index is 526. The second kappa shape index (κ2) is 6.49. The Morgan fingerprint density at radius 2 is 1.90 bits per heavy atom. The molecule has 1 aliphatic rings. The van der Waals surface area contributed by atoms with Gasteiger partial charge in [-0.05, 0) is 25.7 Å². The number of hydrogen-bond acceptors (Lipinski definition) is 5. The first-order valence-corrected chi connectivity index (χ1v) is 8.61. The molecule has 0 spiro atoms. The van der Waals surface area contributed by atoms with Gasteiger partial charge in [-0.3, -0.25) is 0 Å². The molecule has 1 aliphatic carbocycles. The average molecular weight is 298 g/mol. The zero-order chi connectivity index (χ0) is 14.6. The summed E-state index contributed by atoms with van der Waals surface area (Å²) >= 11 is 0. The molecule has 112 valence electrons. The van der Waals surface area contributed by atoms with Crippen molar-refractivity contribution < 1.29 is 8.42 Å². The summed E-state index contributed by atoms with van der Waals surface area (Å²) in [5.41, 5.74) is 0. The zero-order valence-corrected chi connectivity index (χ0v) is 12.9. The van der Waals surface area contributed by atoms with Gasteiger partial charge < -0.3 is 5.32 Å². The van der Waals surface area contributed by atoms with Crippen LogP contribution in [0.3, 0.4) is 0 Å². The van der Waals surface area contributed by atoms with Crippen LogP contribution in [-0.4, -0.2) is 41.8 Å². The average Bonchev–Trinajstić information content (AvgIpc) is 3.27. The summed E-state index contributed by atoms with van der Waals surface area (Å²) in [6, 6.07) is 0.165. The van der Waals surface area contributed by atoms with E-state index in [-0.39, 0.29) is 10.9 Å². The van der Waals surface area contributed by atoms with Crippen molar-refractivity contribution in [1.29, 1.82) is 0 Å². The standard InChI is InChI=1S/C13H22N4O2S/c1-3-7-14-13-15-9-12(10-16-13)20(18,19)17(8-4-2)11-5-6-11/h9-11H,3-8H2,1-2H3,(H,14,15,16). The van der Waals surface area contributed by atoms with Gasteiger partial charge in [0.25, 0.3) is 0 Å². The highest BCUT2D eigenvalue weighted by Gasteiger charge is 2.37. The van der Waals surface area contributed by atoms with Gasteiger partial charge in [-0.2, -0.15) is 4.31 Å². The van der Waals surface area contributed by atoms with Crippen molar-refractivity contribution in [3.8, 4) is 0 Å². The predicted molar refractivity (Wildman–Crippen MR) is 78.0 cm³/mol. The number of sulfonamides is 1. The van der Waals surface area contributed by atoms with Crippen LogP contribution in [0.1, 0.15) is 39.5 Å². The van der Waals surface area contributed by atoms with E-state index in [4.69, 9.17) is 0 Å². The molecule has 0 bridgehead atoms. The highest BCUT2D eigenvalue weighted by molar-refractivity contribution is 7.89. The van der Waals surface area contributed by atoms with Crippen LogP contribution in [0.5, 0.6) is 0 Å². The first-order chi connectivity index (χ1) is 9.59. The topological polar surface area (TPSA) is 75.2 Å². The lowest BCUT2D eigenvalue weighted by molar-refractivity contribution is 0.403. The third kappa shape index (κ3) is 3.46. The zero-order valence-electron chi connectivity index (χ0n) is 12.0. The van der Waals surface area contributed by atoms with Crippen molar-refractivity contribution in [2.24, 2.45) is 0 Å². The molecule has 1 fully saturated rings. The number of anilines is 1. The van der Waals surface area contributed by atoms with Gasteiger partial charge in [0.1, 0.15) is 4.90 Å². The van der Waals surface area contributed by atoms with E-state index in [9.17, 15) is 8.42 Å². The van der Waals surface area contributed by atoms with Gasteiger partial charge in [-0.1, -0.05) is 13.8 Å². The molecule has 0 amide bonds. The van der Waals surface area contributed by atoms with E-state index in [1.54, 1.807) is 4.31 Å². The molecule has 7 heteroatoms. The van der Waals surface area contributed by atoms with Gasteiger partial charge in [-0.15, -0.1) is 0 Å². The lowest BCUT2D eigenvalue weighted by Crippen LogP contribution is -2.34. The van der Waals surface area contributed by atoms with Crippen molar-refractivity contribution in [2.45, 2.75) is 50.5 Å². The SMILES string of the molecule is CCCNc1ncc(S(=O)(=O)N(CCC)C2CC2)cn1. The molecular formula is C13H22N4O2S. The highest BCUT2D eigenvalue weighted by Crippen LogP contribution is 2.31. The van der Waals surface area contributed by atoms with Crippen molar-refractivity contribution in [2.75, 3.05) is 18.4 Å². The molecule has 1 aromatic heterocycles. The predicted octanol–water partition coefficient (Wildman–Crippen LogP) is 1.86. The van der Waals surface area contributed by atoms with Gasteiger partial charge in [-0.25, -0.2) is 18.4 Å².